The quantitative estimate of drug-likeness (QED) is 0.602. The van der Waals surface area contributed by atoms with E-state index in [1.807, 2.05) is 0 Å². The number of aryl methyl sites for hydroxylation is 1. The molecule has 5 nitrogen and oxygen atoms in total. The molecule has 3 rings (SSSR count). The third kappa shape index (κ3) is 3.33. The molecule has 0 bridgehead atoms. The van der Waals surface area contributed by atoms with Crippen LogP contribution in [0, 0.1) is 10.1 Å². The van der Waals surface area contributed by atoms with Gasteiger partial charge < -0.3 is 4.90 Å². The molecule has 0 saturated carbocycles. The molecule has 0 radical (unpaired) electrons. The second kappa shape index (κ2) is 6.19. The Morgan fingerprint density at radius 2 is 1.80 bits per heavy atom. The Morgan fingerprint density at radius 1 is 1.12 bits per heavy atom. The van der Waals surface area contributed by atoms with Crippen LogP contribution in [-0.2, 0) is 12.6 Å². The highest BCUT2D eigenvalue weighted by Gasteiger charge is 2.32. The van der Waals surface area contributed by atoms with Gasteiger partial charge in [-0.15, -0.1) is 0 Å². The van der Waals surface area contributed by atoms with Crippen molar-refractivity contribution in [3.63, 3.8) is 0 Å². The second-order valence-electron chi connectivity index (χ2n) is 5.71. The van der Waals surface area contributed by atoms with E-state index in [1.54, 1.807) is 0 Å². The third-order valence-corrected chi connectivity index (χ3v) is 4.10. The number of nitro groups is 1. The zero-order chi connectivity index (χ0) is 18.2. The van der Waals surface area contributed by atoms with Gasteiger partial charge in [0, 0.05) is 29.9 Å². The molecule has 0 aliphatic carbocycles. The van der Waals surface area contributed by atoms with E-state index in [9.17, 15) is 28.1 Å². The van der Waals surface area contributed by atoms with Crippen molar-refractivity contribution in [3.8, 4) is 0 Å². The van der Waals surface area contributed by atoms with E-state index in [2.05, 4.69) is 0 Å². The lowest BCUT2D eigenvalue weighted by Gasteiger charge is -2.30. The summed E-state index contributed by atoms with van der Waals surface area (Å²) in [5, 5.41) is 10.7. The summed E-state index contributed by atoms with van der Waals surface area (Å²) in [6.45, 7) is 0.383. The molecule has 1 aliphatic heterocycles. The minimum Gasteiger partial charge on any atom is -0.308 e. The standard InChI is InChI=1S/C17H13F3N2O3/c18-17(19,20)13-5-8-15-12(10-13)2-1-9-21(15)16(23)11-3-6-14(7-4-11)22(24)25/h3-8,10H,1-2,9H2. The number of hydrogen-bond acceptors (Lipinski definition) is 3. The van der Waals surface area contributed by atoms with Gasteiger partial charge in [-0.25, -0.2) is 0 Å². The predicted molar refractivity (Wildman–Crippen MR) is 84.5 cm³/mol. The first-order valence-electron chi connectivity index (χ1n) is 7.54. The van der Waals surface area contributed by atoms with Crippen LogP contribution in [0.25, 0.3) is 0 Å². The van der Waals surface area contributed by atoms with Crippen molar-refractivity contribution in [2.24, 2.45) is 0 Å². The highest BCUT2D eigenvalue weighted by atomic mass is 19.4. The molecule has 8 heteroatoms. The Labute approximate surface area is 140 Å². The first kappa shape index (κ1) is 16.9. The highest BCUT2D eigenvalue weighted by molar-refractivity contribution is 6.06. The number of nitro benzene ring substituents is 1. The lowest BCUT2D eigenvalue weighted by atomic mass is 9.98. The third-order valence-electron chi connectivity index (χ3n) is 4.10. The fraction of sp³-hybridized carbons (Fsp3) is 0.235. The molecule has 130 valence electrons. The fourth-order valence-electron chi connectivity index (χ4n) is 2.87. The Kier molecular flexibility index (Phi) is 4.20. The van der Waals surface area contributed by atoms with Crippen molar-refractivity contribution in [1.82, 2.24) is 0 Å². The molecule has 0 atom stereocenters. The molecule has 2 aromatic rings. The summed E-state index contributed by atoms with van der Waals surface area (Å²) in [6, 6.07) is 8.48. The summed E-state index contributed by atoms with van der Waals surface area (Å²) in [5.41, 5.74) is 0.290. The van der Waals surface area contributed by atoms with E-state index >= 15 is 0 Å². The molecule has 0 unspecified atom stereocenters. The monoisotopic (exact) mass is 350 g/mol. The van der Waals surface area contributed by atoms with Gasteiger partial charge >= 0.3 is 6.18 Å². The highest BCUT2D eigenvalue weighted by Crippen LogP contribution is 2.35. The maximum Gasteiger partial charge on any atom is 0.416 e. The Hall–Kier alpha value is -2.90. The maximum atomic E-state index is 12.8. The van der Waals surface area contributed by atoms with Gasteiger partial charge in [-0.2, -0.15) is 13.2 Å². The molecule has 1 amide bonds. The van der Waals surface area contributed by atoms with E-state index < -0.39 is 22.6 Å². The SMILES string of the molecule is O=C(c1ccc([N+](=O)[O-])cc1)N1CCCc2cc(C(F)(F)F)ccc21. The van der Waals surface area contributed by atoms with E-state index in [0.29, 0.717) is 30.6 Å². The van der Waals surface area contributed by atoms with Gasteiger partial charge in [-0.05, 0) is 48.7 Å². The minimum absolute atomic E-state index is 0.134. The smallest absolute Gasteiger partial charge is 0.308 e. The van der Waals surface area contributed by atoms with Crippen molar-refractivity contribution in [1.29, 1.82) is 0 Å². The minimum atomic E-state index is -4.43. The molecule has 25 heavy (non-hydrogen) atoms. The summed E-state index contributed by atoms with van der Waals surface area (Å²) in [4.78, 5) is 24.2. The number of nitrogens with zero attached hydrogens (tertiary/aromatic N) is 2. The summed E-state index contributed by atoms with van der Waals surface area (Å²) in [5.74, 6) is -0.393. The second-order valence-corrected chi connectivity index (χ2v) is 5.71. The zero-order valence-corrected chi connectivity index (χ0v) is 12.9. The van der Waals surface area contributed by atoms with Crippen molar-refractivity contribution < 1.29 is 22.9 Å². The lowest BCUT2D eigenvalue weighted by molar-refractivity contribution is -0.384. The molecule has 0 saturated heterocycles. The van der Waals surface area contributed by atoms with Gasteiger partial charge in [0.1, 0.15) is 0 Å². The average Bonchev–Trinajstić information content (AvgIpc) is 2.59. The zero-order valence-electron chi connectivity index (χ0n) is 12.9. The van der Waals surface area contributed by atoms with Crippen LogP contribution in [0.4, 0.5) is 24.5 Å². The predicted octanol–water partition coefficient (Wildman–Crippen LogP) is 4.21. The number of hydrogen-bond donors (Lipinski definition) is 0. The van der Waals surface area contributed by atoms with Crippen LogP contribution in [0.15, 0.2) is 42.5 Å². The van der Waals surface area contributed by atoms with Crippen LogP contribution in [0.3, 0.4) is 0 Å². The number of amides is 1. The van der Waals surface area contributed by atoms with Gasteiger partial charge in [-0.1, -0.05) is 0 Å². The largest absolute Gasteiger partial charge is 0.416 e. The van der Waals surface area contributed by atoms with Gasteiger partial charge in [-0.3, -0.25) is 14.9 Å². The molecule has 0 spiro atoms. The number of rotatable bonds is 2. The van der Waals surface area contributed by atoms with Crippen LogP contribution < -0.4 is 4.90 Å². The maximum absolute atomic E-state index is 12.8. The molecule has 0 N–H and O–H groups in total. The van der Waals surface area contributed by atoms with Gasteiger partial charge in [0.2, 0.25) is 0 Å². The first-order chi connectivity index (χ1) is 11.8. The van der Waals surface area contributed by atoms with Crippen molar-refractivity contribution in [2.45, 2.75) is 19.0 Å². The van der Waals surface area contributed by atoms with E-state index in [4.69, 9.17) is 0 Å². The lowest BCUT2D eigenvalue weighted by Crippen LogP contribution is -2.35. The first-order valence-corrected chi connectivity index (χ1v) is 7.54. The van der Waals surface area contributed by atoms with Crippen LogP contribution in [0.1, 0.15) is 27.9 Å². The van der Waals surface area contributed by atoms with Gasteiger partial charge in [0.25, 0.3) is 11.6 Å². The number of non-ortho nitro benzene ring substituents is 1. The van der Waals surface area contributed by atoms with Crippen LogP contribution >= 0.6 is 0 Å². The number of halogens is 3. The van der Waals surface area contributed by atoms with Gasteiger partial charge in [0.05, 0.1) is 10.5 Å². The number of alkyl halides is 3. The Morgan fingerprint density at radius 3 is 2.40 bits per heavy atom. The number of benzene rings is 2. The van der Waals surface area contributed by atoms with Crippen LogP contribution in [0.5, 0.6) is 0 Å². The normalized spacial score (nSPS) is 14.1. The Balaban J connectivity index is 1.92. The molecular formula is C17H13F3N2O3. The molecular weight excluding hydrogens is 337 g/mol. The Bertz CT molecular complexity index is 832. The molecule has 0 aromatic heterocycles. The summed E-state index contributed by atoms with van der Waals surface area (Å²) < 4.78 is 38.5. The number of carbonyl (C=O) groups is 1. The summed E-state index contributed by atoms with van der Waals surface area (Å²) in [7, 11) is 0. The van der Waals surface area contributed by atoms with Crippen molar-refractivity contribution in [3.05, 3.63) is 69.3 Å². The van der Waals surface area contributed by atoms with E-state index in [0.717, 1.165) is 12.1 Å². The molecule has 0 fully saturated rings. The topological polar surface area (TPSA) is 63.4 Å². The number of carbonyl (C=O) groups excluding carboxylic acids is 1. The summed E-state index contributed by atoms with van der Waals surface area (Å²) >= 11 is 0. The van der Waals surface area contributed by atoms with Crippen LogP contribution in [0.2, 0.25) is 0 Å². The average molecular weight is 350 g/mol. The fourth-order valence-corrected chi connectivity index (χ4v) is 2.87. The number of fused-ring (bicyclic) bond motifs is 1. The van der Waals surface area contributed by atoms with Crippen molar-refractivity contribution in [2.75, 3.05) is 11.4 Å². The van der Waals surface area contributed by atoms with Gasteiger partial charge in [0.15, 0.2) is 0 Å². The van der Waals surface area contributed by atoms with E-state index in [1.165, 1.54) is 35.2 Å². The molecule has 2 aromatic carbocycles. The number of anilines is 1. The molecule has 1 heterocycles. The van der Waals surface area contributed by atoms with E-state index in [-0.39, 0.29) is 11.3 Å². The molecule has 1 aliphatic rings. The summed E-state index contributed by atoms with van der Waals surface area (Å²) in [6.07, 6.45) is -3.42. The van der Waals surface area contributed by atoms with Crippen LogP contribution in [-0.4, -0.2) is 17.4 Å². The van der Waals surface area contributed by atoms with Crippen molar-refractivity contribution >= 4 is 17.3 Å².